The van der Waals surface area contributed by atoms with Crippen molar-refractivity contribution in [2.75, 3.05) is 13.7 Å². The van der Waals surface area contributed by atoms with Crippen molar-refractivity contribution in [2.45, 2.75) is 19.8 Å². The third-order valence-electron chi connectivity index (χ3n) is 3.80. The van der Waals surface area contributed by atoms with Gasteiger partial charge in [0.05, 0.1) is 7.11 Å². The molecule has 2 heteroatoms. The first kappa shape index (κ1) is 14.6. The Morgan fingerprint density at radius 1 is 0.950 bits per heavy atom. The van der Waals surface area contributed by atoms with Gasteiger partial charge in [0.25, 0.3) is 0 Å². The molecule has 2 N–H and O–H groups in total. The summed E-state index contributed by atoms with van der Waals surface area (Å²) in [7, 11) is 1.72. The van der Waals surface area contributed by atoms with E-state index in [0.717, 1.165) is 18.6 Å². The van der Waals surface area contributed by atoms with Crippen LogP contribution in [-0.2, 0) is 12.8 Å². The number of benzene rings is 2. The number of aryl methyl sites for hydroxylation is 1. The quantitative estimate of drug-likeness (QED) is 0.872. The summed E-state index contributed by atoms with van der Waals surface area (Å²) in [6.07, 6.45) is 1.97. The largest absolute Gasteiger partial charge is 0.496 e. The molecule has 0 saturated carbocycles. The van der Waals surface area contributed by atoms with Crippen molar-refractivity contribution >= 4 is 0 Å². The van der Waals surface area contributed by atoms with E-state index in [2.05, 4.69) is 43.3 Å². The highest BCUT2D eigenvalue weighted by atomic mass is 16.5. The fraction of sp³-hybridized carbons (Fsp3) is 0.333. The average Bonchev–Trinajstić information content (AvgIpc) is 2.49. The van der Waals surface area contributed by atoms with Crippen LogP contribution in [0, 0.1) is 12.8 Å². The van der Waals surface area contributed by atoms with Gasteiger partial charge in [0, 0.05) is 0 Å². The van der Waals surface area contributed by atoms with Gasteiger partial charge in [0.1, 0.15) is 5.75 Å². The minimum absolute atomic E-state index is 0.437. The Labute approximate surface area is 121 Å². The molecule has 0 aliphatic rings. The number of para-hydroxylation sites is 1. The summed E-state index contributed by atoms with van der Waals surface area (Å²) in [4.78, 5) is 0. The standard InChI is InChI=1S/C18H23NO/c1-14-7-3-4-8-16(14)11-15(13-19)12-17-9-5-6-10-18(17)20-2/h3-10,15H,11-13,19H2,1-2H3. The minimum atomic E-state index is 0.437. The molecular formula is C18H23NO. The van der Waals surface area contributed by atoms with Crippen molar-refractivity contribution in [3.05, 3.63) is 65.2 Å². The van der Waals surface area contributed by atoms with Crippen molar-refractivity contribution in [1.29, 1.82) is 0 Å². The minimum Gasteiger partial charge on any atom is -0.496 e. The van der Waals surface area contributed by atoms with E-state index in [1.165, 1.54) is 16.7 Å². The topological polar surface area (TPSA) is 35.2 Å². The third-order valence-corrected chi connectivity index (χ3v) is 3.80. The van der Waals surface area contributed by atoms with E-state index in [0.29, 0.717) is 12.5 Å². The van der Waals surface area contributed by atoms with Crippen LogP contribution in [0.4, 0.5) is 0 Å². The summed E-state index contributed by atoms with van der Waals surface area (Å²) in [6, 6.07) is 16.7. The Balaban J connectivity index is 2.11. The van der Waals surface area contributed by atoms with E-state index >= 15 is 0 Å². The van der Waals surface area contributed by atoms with Crippen molar-refractivity contribution in [3.63, 3.8) is 0 Å². The van der Waals surface area contributed by atoms with Crippen LogP contribution in [-0.4, -0.2) is 13.7 Å². The average molecular weight is 269 g/mol. The molecule has 0 aliphatic heterocycles. The van der Waals surface area contributed by atoms with E-state index in [4.69, 9.17) is 10.5 Å². The lowest BCUT2D eigenvalue weighted by molar-refractivity contribution is 0.404. The molecule has 0 spiro atoms. The third kappa shape index (κ3) is 3.61. The summed E-state index contributed by atoms with van der Waals surface area (Å²) >= 11 is 0. The molecule has 106 valence electrons. The number of hydrogen-bond donors (Lipinski definition) is 1. The lowest BCUT2D eigenvalue weighted by atomic mass is 9.90. The van der Waals surface area contributed by atoms with Crippen LogP contribution in [0.2, 0.25) is 0 Å². The molecule has 2 aromatic carbocycles. The lowest BCUT2D eigenvalue weighted by Crippen LogP contribution is -2.20. The number of nitrogens with two attached hydrogens (primary N) is 1. The van der Waals surface area contributed by atoms with Gasteiger partial charge in [-0.25, -0.2) is 0 Å². The molecule has 1 atom stereocenters. The second kappa shape index (κ2) is 7.11. The highest BCUT2D eigenvalue weighted by Crippen LogP contribution is 2.23. The molecule has 0 amide bonds. The first-order chi connectivity index (χ1) is 9.74. The molecule has 2 aromatic rings. The van der Waals surface area contributed by atoms with Crippen LogP contribution in [0.15, 0.2) is 48.5 Å². The maximum atomic E-state index is 5.97. The van der Waals surface area contributed by atoms with E-state index in [-0.39, 0.29) is 0 Å². The van der Waals surface area contributed by atoms with Crippen LogP contribution in [0.25, 0.3) is 0 Å². The molecule has 2 nitrogen and oxygen atoms in total. The first-order valence-corrected chi connectivity index (χ1v) is 7.11. The zero-order chi connectivity index (χ0) is 14.4. The zero-order valence-electron chi connectivity index (χ0n) is 12.3. The Kier molecular flexibility index (Phi) is 5.19. The van der Waals surface area contributed by atoms with Crippen LogP contribution in [0.5, 0.6) is 5.75 Å². The predicted molar refractivity (Wildman–Crippen MR) is 84.1 cm³/mol. The zero-order valence-corrected chi connectivity index (χ0v) is 12.3. The van der Waals surface area contributed by atoms with Crippen molar-refractivity contribution < 1.29 is 4.74 Å². The number of methoxy groups -OCH3 is 1. The highest BCUT2D eigenvalue weighted by molar-refractivity contribution is 5.34. The van der Waals surface area contributed by atoms with Gasteiger partial charge in [-0.05, 0) is 55.0 Å². The molecule has 0 heterocycles. The van der Waals surface area contributed by atoms with Crippen molar-refractivity contribution in [2.24, 2.45) is 11.7 Å². The Morgan fingerprint density at radius 3 is 2.20 bits per heavy atom. The van der Waals surface area contributed by atoms with Gasteiger partial charge in [-0.15, -0.1) is 0 Å². The first-order valence-electron chi connectivity index (χ1n) is 7.11. The molecule has 1 unspecified atom stereocenters. The molecular weight excluding hydrogens is 246 g/mol. The Hall–Kier alpha value is -1.80. The Bertz CT molecular complexity index is 551. The smallest absolute Gasteiger partial charge is 0.122 e. The van der Waals surface area contributed by atoms with Crippen molar-refractivity contribution in [3.8, 4) is 5.75 Å². The lowest BCUT2D eigenvalue weighted by Gasteiger charge is -2.18. The van der Waals surface area contributed by atoms with Crippen molar-refractivity contribution in [1.82, 2.24) is 0 Å². The maximum Gasteiger partial charge on any atom is 0.122 e. The predicted octanol–water partition coefficient (Wildman–Crippen LogP) is 3.36. The van der Waals surface area contributed by atoms with Gasteiger partial charge >= 0.3 is 0 Å². The van der Waals surface area contributed by atoms with E-state index in [1.807, 2.05) is 12.1 Å². The van der Waals surface area contributed by atoms with Crippen LogP contribution >= 0.6 is 0 Å². The summed E-state index contributed by atoms with van der Waals surface area (Å²) < 4.78 is 5.42. The molecule has 0 aliphatic carbocycles. The van der Waals surface area contributed by atoms with Gasteiger partial charge in [-0.2, -0.15) is 0 Å². The van der Waals surface area contributed by atoms with E-state index in [1.54, 1.807) is 7.11 Å². The van der Waals surface area contributed by atoms with Gasteiger partial charge in [-0.1, -0.05) is 42.5 Å². The Morgan fingerprint density at radius 2 is 1.55 bits per heavy atom. The number of ether oxygens (including phenoxy) is 1. The normalized spacial score (nSPS) is 12.2. The van der Waals surface area contributed by atoms with Gasteiger partial charge in [0.15, 0.2) is 0 Å². The fourth-order valence-electron chi connectivity index (χ4n) is 2.57. The molecule has 20 heavy (non-hydrogen) atoms. The second-order valence-electron chi connectivity index (χ2n) is 5.25. The van der Waals surface area contributed by atoms with Gasteiger partial charge < -0.3 is 10.5 Å². The fourth-order valence-corrected chi connectivity index (χ4v) is 2.57. The van der Waals surface area contributed by atoms with Gasteiger partial charge in [-0.3, -0.25) is 0 Å². The summed E-state index contributed by atoms with van der Waals surface area (Å²) in [5, 5.41) is 0. The number of rotatable bonds is 6. The molecule has 0 saturated heterocycles. The maximum absolute atomic E-state index is 5.97. The van der Waals surface area contributed by atoms with Crippen LogP contribution in [0.3, 0.4) is 0 Å². The SMILES string of the molecule is COc1ccccc1CC(CN)Cc1ccccc1C. The number of hydrogen-bond acceptors (Lipinski definition) is 2. The molecule has 0 fully saturated rings. The second-order valence-corrected chi connectivity index (χ2v) is 5.25. The summed E-state index contributed by atoms with van der Waals surface area (Å²) in [5.41, 5.74) is 9.93. The summed E-state index contributed by atoms with van der Waals surface area (Å²) in [5.74, 6) is 1.39. The van der Waals surface area contributed by atoms with Crippen LogP contribution in [0.1, 0.15) is 16.7 Å². The van der Waals surface area contributed by atoms with Gasteiger partial charge in [0.2, 0.25) is 0 Å². The van der Waals surface area contributed by atoms with Crippen LogP contribution < -0.4 is 10.5 Å². The highest BCUT2D eigenvalue weighted by Gasteiger charge is 2.12. The molecule has 2 rings (SSSR count). The van der Waals surface area contributed by atoms with E-state index < -0.39 is 0 Å². The molecule has 0 radical (unpaired) electrons. The molecule has 0 aromatic heterocycles. The molecule has 0 bridgehead atoms. The summed E-state index contributed by atoms with van der Waals surface area (Å²) in [6.45, 7) is 2.85. The van der Waals surface area contributed by atoms with E-state index in [9.17, 15) is 0 Å². The monoisotopic (exact) mass is 269 g/mol.